The van der Waals surface area contributed by atoms with Crippen molar-refractivity contribution >= 4 is 34.6 Å². The monoisotopic (exact) mass is 512 g/mol. The molecule has 2 heterocycles. The van der Waals surface area contributed by atoms with Gasteiger partial charge in [0.2, 0.25) is 11.8 Å². The summed E-state index contributed by atoms with van der Waals surface area (Å²) in [5.74, 6) is -1.11. The molecule has 1 aromatic heterocycles. The second kappa shape index (κ2) is 10.8. The van der Waals surface area contributed by atoms with Gasteiger partial charge in [0.15, 0.2) is 0 Å². The third-order valence-corrected chi connectivity index (χ3v) is 7.25. The maximum Gasteiger partial charge on any atom is 0.328 e. The molecule has 0 spiro atoms. The molecule has 3 amide bonds. The molecule has 37 heavy (non-hydrogen) atoms. The fourth-order valence-electron chi connectivity index (χ4n) is 4.88. The average molecular weight is 513 g/mol. The number of hydrogen-bond donors (Lipinski definition) is 4. The first-order valence-corrected chi connectivity index (χ1v) is 12.8. The van der Waals surface area contributed by atoms with Crippen LogP contribution in [0.1, 0.15) is 62.9 Å². The fourth-order valence-corrected chi connectivity index (χ4v) is 4.88. The molecule has 10 nitrogen and oxygen atoms in total. The summed E-state index contributed by atoms with van der Waals surface area (Å²) >= 11 is 0. The number of nitrogens with one attached hydrogen (secondary N) is 4. The molecule has 3 atom stereocenters. The number of aromatic nitrogens is 1. The van der Waals surface area contributed by atoms with Gasteiger partial charge in [0.1, 0.15) is 23.5 Å². The van der Waals surface area contributed by atoms with Gasteiger partial charge in [-0.3, -0.25) is 14.4 Å². The lowest BCUT2D eigenvalue weighted by atomic mass is 9.83. The smallest absolute Gasteiger partial charge is 0.328 e. The van der Waals surface area contributed by atoms with Crippen LogP contribution < -0.4 is 20.7 Å². The van der Waals surface area contributed by atoms with Crippen LogP contribution in [0.25, 0.3) is 10.9 Å². The zero-order chi connectivity index (χ0) is 26.7. The van der Waals surface area contributed by atoms with Gasteiger partial charge in [-0.25, -0.2) is 4.79 Å². The molecule has 4 rings (SSSR count). The number of piperidine rings is 1. The molecule has 10 heteroatoms. The van der Waals surface area contributed by atoms with E-state index in [1.54, 1.807) is 13.2 Å². The Kier molecular flexibility index (Phi) is 7.75. The molecule has 1 aromatic carbocycles. The van der Waals surface area contributed by atoms with Crippen LogP contribution in [0.5, 0.6) is 5.75 Å². The van der Waals surface area contributed by atoms with Gasteiger partial charge >= 0.3 is 5.97 Å². The molecule has 0 bridgehead atoms. The van der Waals surface area contributed by atoms with Crippen molar-refractivity contribution in [3.63, 3.8) is 0 Å². The summed E-state index contributed by atoms with van der Waals surface area (Å²) in [5, 5.41) is 9.32. The van der Waals surface area contributed by atoms with Crippen LogP contribution in [-0.2, 0) is 19.1 Å². The first kappa shape index (κ1) is 26.5. The maximum atomic E-state index is 13.3. The fraction of sp³-hybridized carbons (Fsp3) is 0.556. The summed E-state index contributed by atoms with van der Waals surface area (Å²) < 4.78 is 10.3. The van der Waals surface area contributed by atoms with Gasteiger partial charge in [-0.2, -0.15) is 0 Å². The number of amides is 3. The number of fused-ring (bicyclic) bond motifs is 1. The van der Waals surface area contributed by atoms with Crippen molar-refractivity contribution in [2.24, 2.45) is 11.8 Å². The van der Waals surface area contributed by atoms with E-state index in [4.69, 9.17) is 9.47 Å². The van der Waals surface area contributed by atoms with E-state index >= 15 is 0 Å². The van der Waals surface area contributed by atoms with E-state index in [1.165, 1.54) is 7.11 Å². The molecule has 1 aliphatic carbocycles. The number of H-pyrrole nitrogens is 1. The highest BCUT2D eigenvalue weighted by atomic mass is 16.5. The molecule has 1 saturated heterocycles. The Hall–Kier alpha value is -3.56. The highest BCUT2D eigenvalue weighted by molar-refractivity contribution is 6.01. The standard InChI is InChI=1S/C27H36N4O6/c1-27(2)11-10-16(23(32)31-27)13-21(26(35)37-4)30-24(33)19(12-15-8-9-15)29-25(34)20-14-17-18(28-20)6-5-7-22(17)36-3/h5-7,14-16,19,21,28H,8-13H2,1-4H3,(H,29,34)(H,30,33)(H,31,32)/t16?,19-,21-/m0/s1. The van der Waals surface area contributed by atoms with Crippen molar-refractivity contribution in [2.75, 3.05) is 14.2 Å². The Balaban J connectivity index is 1.46. The molecule has 2 aliphatic rings. The van der Waals surface area contributed by atoms with Gasteiger partial charge < -0.3 is 30.4 Å². The normalized spacial score (nSPS) is 20.4. The van der Waals surface area contributed by atoms with Crippen LogP contribution in [0.2, 0.25) is 0 Å². The van der Waals surface area contributed by atoms with Crippen molar-refractivity contribution in [1.82, 2.24) is 20.9 Å². The minimum absolute atomic E-state index is 0.131. The van der Waals surface area contributed by atoms with Gasteiger partial charge in [-0.15, -0.1) is 0 Å². The van der Waals surface area contributed by atoms with Crippen molar-refractivity contribution in [3.05, 3.63) is 30.0 Å². The highest BCUT2D eigenvalue weighted by Gasteiger charge is 2.38. The first-order chi connectivity index (χ1) is 17.6. The van der Waals surface area contributed by atoms with E-state index < -0.39 is 35.8 Å². The van der Waals surface area contributed by atoms with E-state index in [1.807, 2.05) is 32.0 Å². The molecule has 200 valence electrons. The van der Waals surface area contributed by atoms with Crippen LogP contribution in [0, 0.1) is 11.8 Å². The number of ether oxygens (including phenoxy) is 2. The van der Waals surface area contributed by atoms with Crippen LogP contribution in [-0.4, -0.2) is 60.5 Å². The summed E-state index contributed by atoms with van der Waals surface area (Å²) in [7, 11) is 2.81. The maximum absolute atomic E-state index is 13.3. The minimum Gasteiger partial charge on any atom is -0.496 e. The Morgan fingerprint density at radius 1 is 1.08 bits per heavy atom. The third-order valence-electron chi connectivity index (χ3n) is 7.25. The lowest BCUT2D eigenvalue weighted by molar-refractivity contribution is -0.146. The zero-order valence-corrected chi connectivity index (χ0v) is 21.8. The van der Waals surface area contributed by atoms with Crippen molar-refractivity contribution < 1.29 is 28.7 Å². The molecule has 2 aromatic rings. The highest BCUT2D eigenvalue weighted by Crippen LogP contribution is 2.34. The van der Waals surface area contributed by atoms with Crippen molar-refractivity contribution in [2.45, 2.75) is 70.0 Å². The average Bonchev–Trinajstić information content (AvgIpc) is 3.57. The number of carbonyl (C=O) groups excluding carboxylic acids is 4. The summed E-state index contributed by atoms with van der Waals surface area (Å²) in [6.45, 7) is 3.91. The molecule has 1 saturated carbocycles. The zero-order valence-electron chi connectivity index (χ0n) is 21.8. The number of methoxy groups -OCH3 is 2. The van der Waals surface area contributed by atoms with Crippen LogP contribution in [0.15, 0.2) is 24.3 Å². The van der Waals surface area contributed by atoms with Gasteiger partial charge in [0, 0.05) is 22.4 Å². The van der Waals surface area contributed by atoms with E-state index in [0.717, 1.165) is 30.2 Å². The molecule has 4 N–H and O–H groups in total. The Morgan fingerprint density at radius 2 is 1.84 bits per heavy atom. The van der Waals surface area contributed by atoms with Gasteiger partial charge in [0.25, 0.3) is 5.91 Å². The van der Waals surface area contributed by atoms with E-state index in [0.29, 0.717) is 30.2 Å². The topological polar surface area (TPSA) is 139 Å². The number of aromatic amines is 1. The molecule has 1 unspecified atom stereocenters. The molecule has 0 radical (unpaired) electrons. The van der Waals surface area contributed by atoms with Crippen molar-refractivity contribution in [1.29, 1.82) is 0 Å². The summed E-state index contributed by atoms with van der Waals surface area (Å²) in [6, 6.07) is 5.33. The molecule has 1 aliphatic heterocycles. The number of carbonyl (C=O) groups is 4. The molecular formula is C27H36N4O6. The van der Waals surface area contributed by atoms with Crippen LogP contribution >= 0.6 is 0 Å². The number of benzene rings is 1. The lowest BCUT2D eigenvalue weighted by Crippen LogP contribution is -2.55. The third kappa shape index (κ3) is 6.42. The SMILES string of the molecule is COC(=O)[C@H](CC1CCC(C)(C)NC1=O)NC(=O)[C@H](CC1CC1)NC(=O)c1cc2c(OC)cccc2[nH]1. The molecule has 2 fully saturated rings. The second-order valence-electron chi connectivity index (χ2n) is 10.7. The van der Waals surface area contributed by atoms with E-state index in [-0.39, 0.29) is 17.9 Å². The Morgan fingerprint density at radius 3 is 2.49 bits per heavy atom. The Bertz CT molecular complexity index is 1180. The summed E-state index contributed by atoms with van der Waals surface area (Å²) in [6.07, 6.45) is 3.94. The number of rotatable bonds is 10. The minimum atomic E-state index is -0.995. The lowest BCUT2D eigenvalue weighted by Gasteiger charge is -2.36. The quantitative estimate of drug-likeness (QED) is 0.361. The predicted molar refractivity (Wildman–Crippen MR) is 137 cm³/mol. The van der Waals surface area contributed by atoms with Crippen LogP contribution in [0.4, 0.5) is 0 Å². The largest absolute Gasteiger partial charge is 0.496 e. The van der Waals surface area contributed by atoms with Gasteiger partial charge in [-0.1, -0.05) is 18.9 Å². The van der Waals surface area contributed by atoms with Gasteiger partial charge in [-0.05, 0) is 63.6 Å². The number of esters is 1. The van der Waals surface area contributed by atoms with E-state index in [9.17, 15) is 19.2 Å². The van der Waals surface area contributed by atoms with Crippen LogP contribution in [0.3, 0.4) is 0 Å². The first-order valence-electron chi connectivity index (χ1n) is 12.8. The summed E-state index contributed by atoms with van der Waals surface area (Å²) in [5.41, 5.74) is 0.746. The van der Waals surface area contributed by atoms with Crippen molar-refractivity contribution in [3.8, 4) is 5.75 Å². The van der Waals surface area contributed by atoms with Gasteiger partial charge in [0.05, 0.1) is 14.2 Å². The molecular weight excluding hydrogens is 476 g/mol. The van der Waals surface area contributed by atoms with E-state index in [2.05, 4.69) is 20.9 Å². The predicted octanol–water partition coefficient (Wildman–Crippen LogP) is 2.43. The number of hydrogen-bond acceptors (Lipinski definition) is 6. The summed E-state index contributed by atoms with van der Waals surface area (Å²) in [4.78, 5) is 54.7. The second-order valence-corrected chi connectivity index (χ2v) is 10.7. The Labute approximate surface area is 216 Å².